The fourth-order valence-corrected chi connectivity index (χ4v) is 2.26. The van der Waals surface area contributed by atoms with Crippen molar-refractivity contribution in [3.63, 3.8) is 0 Å². The summed E-state index contributed by atoms with van der Waals surface area (Å²) in [6, 6.07) is 0. The van der Waals surface area contributed by atoms with Crippen LogP contribution in [0.25, 0.3) is 0 Å². The van der Waals surface area contributed by atoms with Gasteiger partial charge in [-0.1, -0.05) is 72.1 Å². The van der Waals surface area contributed by atoms with Gasteiger partial charge in [0.1, 0.15) is 0 Å². The first-order valence-electron chi connectivity index (χ1n) is 9.04. The first-order chi connectivity index (χ1) is 10.3. The lowest BCUT2D eigenvalue weighted by Gasteiger charge is -2.15. The fraction of sp³-hybridized carbons (Fsp3) is 0.944. The first-order valence-corrected chi connectivity index (χ1v) is 9.04. The Labute approximate surface area is 131 Å². The Morgan fingerprint density at radius 1 is 0.762 bits per heavy atom. The molecular weight excluding hydrogens is 264 g/mol. The standard InChI is InChI=1S/C18H36O3/c1-4-7-9-11-12-14-15-20-17(6-3)18(19)21-16-13-10-8-5-2/h17H,4-16H2,1-3H3. The van der Waals surface area contributed by atoms with Crippen molar-refractivity contribution in [1.29, 1.82) is 0 Å². The van der Waals surface area contributed by atoms with E-state index in [2.05, 4.69) is 13.8 Å². The van der Waals surface area contributed by atoms with Crippen LogP contribution in [0.1, 0.15) is 91.4 Å². The molecule has 3 heteroatoms. The summed E-state index contributed by atoms with van der Waals surface area (Å²) >= 11 is 0. The molecule has 0 saturated heterocycles. The van der Waals surface area contributed by atoms with E-state index in [1.165, 1.54) is 44.9 Å². The van der Waals surface area contributed by atoms with Gasteiger partial charge in [0.05, 0.1) is 6.61 Å². The molecule has 0 saturated carbocycles. The number of esters is 1. The Balaban J connectivity index is 3.56. The molecule has 0 aliphatic carbocycles. The van der Waals surface area contributed by atoms with E-state index in [-0.39, 0.29) is 12.1 Å². The third-order valence-corrected chi connectivity index (χ3v) is 3.69. The van der Waals surface area contributed by atoms with Crippen molar-refractivity contribution < 1.29 is 14.3 Å². The molecule has 0 aromatic carbocycles. The number of hydrogen-bond donors (Lipinski definition) is 0. The molecule has 0 bridgehead atoms. The Kier molecular flexibility index (Phi) is 15.4. The zero-order chi connectivity index (χ0) is 15.8. The molecule has 3 nitrogen and oxygen atoms in total. The number of rotatable bonds is 15. The van der Waals surface area contributed by atoms with Crippen molar-refractivity contribution >= 4 is 5.97 Å². The second-order valence-electron chi connectivity index (χ2n) is 5.76. The van der Waals surface area contributed by atoms with Gasteiger partial charge < -0.3 is 9.47 Å². The van der Waals surface area contributed by atoms with Gasteiger partial charge in [0.2, 0.25) is 0 Å². The van der Waals surface area contributed by atoms with E-state index in [0.717, 1.165) is 19.3 Å². The van der Waals surface area contributed by atoms with E-state index in [4.69, 9.17) is 9.47 Å². The lowest BCUT2D eigenvalue weighted by atomic mass is 10.1. The number of carbonyl (C=O) groups excluding carboxylic acids is 1. The highest BCUT2D eigenvalue weighted by Crippen LogP contribution is 2.08. The van der Waals surface area contributed by atoms with Crippen LogP contribution in [0.3, 0.4) is 0 Å². The molecule has 0 fully saturated rings. The minimum absolute atomic E-state index is 0.181. The van der Waals surface area contributed by atoms with Gasteiger partial charge in [-0.15, -0.1) is 0 Å². The van der Waals surface area contributed by atoms with Crippen LogP contribution in [0.5, 0.6) is 0 Å². The summed E-state index contributed by atoms with van der Waals surface area (Å²) in [6.45, 7) is 7.59. The van der Waals surface area contributed by atoms with Crippen molar-refractivity contribution in [2.45, 2.75) is 97.5 Å². The Bertz CT molecular complexity index is 229. The zero-order valence-corrected chi connectivity index (χ0v) is 14.5. The van der Waals surface area contributed by atoms with E-state index in [1.807, 2.05) is 6.92 Å². The molecule has 0 aromatic heterocycles. The third kappa shape index (κ3) is 12.9. The van der Waals surface area contributed by atoms with Gasteiger partial charge in [-0.25, -0.2) is 4.79 Å². The number of hydrogen-bond acceptors (Lipinski definition) is 3. The molecule has 21 heavy (non-hydrogen) atoms. The minimum Gasteiger partial charge on any atom is -0.464 e. The van der Waals surface area contributed by atoms with Gasteiger partial charge in [-0.3, -0.25) is 0 Å². The van der Waals surface area contributed by atoms with Gasteiger partial charge in [-0.05, 0) is 19.3 Å². The van der Waals surface area contributed by atoms with Gasteiger partial charge in [0.15, 0.2) is 6.10 Å². The third-order valence-electron chi connectivity index (χ3n) is 3.69. The summed E-state index contributed by atoms with van der Waals surface area (Å²) in [5.74, 6) is -0.181. The SMILES string of the molecule is CCCCCCCCOC(CC)C(=O)OCCCCCC. The van der Waals surface area contributed by atoms with Crippen molar-refractivity contribution in [3.8, 4) is 0 Å². The number of ether oxygens (including phenoxy) is 2. The highest BCUT2D eigenvalue weighted by atomic mass is 16.6. The van der Waals surface area contributed by atoms with Crippen LogP contribution in [0.2, 0.25) is 0 Å². The van der Waals surface area contributed by atoms with Gasteiger partial charge in [0, 0.05) is 6.61 Å². The Hall–Kier alpha value is -0.570. The molecular formula is C18H36O3. The average Bonchev–Trinajstić information content (AvgIpc) is 2.49. The van der Waals surface area contributed by atoms with Crippen molar-refractivity contribution in [3.05, 3.63) is 0 Å². The zero-order valence-electron chi connectivity index (χ0n) is 14.5. The summed E-state index contributed by atoms with van der Waals surface area (Å²) in [5, 5.41) is 0. The summed E-state index contributed by atoms with van der Waals surface area (Å²) in [4.78, 5) is 11.9. The smallest absolute Gasteiger partial charge is 0.335 e. The van der Waals surface area contributed by atoms with Gasteiger partial charge in [-0.2, -0.15) is 0 Å². The maximum absolute atomic E-state index is 11.9. The molecule has 0 aromatic rings. The molecule has 1 atom stereocenters. The summed E-state index contributed by atoms with van der Waals surface area (Å²) in [7, 11) is 0. The monoisotopic (exact) mass is 300 g/mol. The molecule has 0 aliphatic heterocycles. The summed E-state index contributed by atoms with van der Waals surface area (Å²) in [5.41, 5.74) is 0. The minimum atomic E-state index is -0.369. The maximum Gasteiger partial charge on any atom is 0.335 e. The van der Waals surface area contributed by atoms with Crippen LogP contribution in [0.4, 0.5) is 0 Å². The molecule has 0 spiro atoms. The molecule has 0 rings (SSSR count). The number of unbranched alkanes of at least 4 members (excludes halogenated alkanes) is 8. The molecule has 126 valence electrons. The van der Waals surface area contributed by atoms with E-state index < -0.39 is 0 Å². The second-order valence-corrected chi connectivity index (χ2v) is 5.76. The largest absolute Gasteiger partial charge is 0.464 e. The van der Waals surface area contributed by atoms with Crippen LogP contribution in [0, 0.1) is 0 Å². The summed E-state index contributed by atoms with van der Waals surface area (Å²) < 4.78 is 11.0. The molecule has 0 amide bonds. The van der Waals surface area contributed by atoms with Crippen LogP contribution in [-0.4, -0.2) is 25.3 Å². The fourth-order valence-electron chi connectivity index (χ4n) is 2.26. The van der Waals surface area contributed by atoms with E-state index in [9.17, 15) is 4.79 Å². The Morgan fingerprint density at radius 3 is 1.90 bits per heavy atom. The van der Waals surface area contributed by atoms with Crippen molar-refractivity contribution in [2.24, 2.45) is 0 Å². The topological polar surface area (TPSA) is 35.5 Å². The van der Waals surface area contributed by atoms with Crippen molar-refractivity contribution in [1.82, 2.24) is 0 Å². The summed E-state index contributed by atoms with van der Waals surface area (Å²) in [6.07, 6.45) is 12.3. The van der Waals surface area contributed by atoms with Crippen LogP contribution >= 0.6 is 0 Å². The maximum atomic E-state index is 11.9. The van der Waals surface area contributed by atoms with Crippen LogP contribution in [0.15, 0.2) is 0 Å². The molecule has 0 aliphatic rings. The van der Waals surface area contributed by atoms with Crippen LogP contribution in [-0.2, 0) is 14.3 Å². The highest BCUT2D eigenvalue weighted by molar-refractivity contribution is 5.74. The number of carbonyl (C=O) groups is 1. The van der Waals surface area contributed by atoms with E-state index in [0.29, 0.717) is 19.6 Å². The van der Waals surface area contributed by atoms with Gasteiger partial charge in [0.25, 0.3) is 0 Å². The van der Waals surface area contributed by atoms with E-state index in [1.54, 1.807) is 0 Å². The van der Waals surface area contributed by atoms with E-state index >= 15 is 0 Å². The predicted octanol–water partition coefficient (Wildman–Crippen LogP) is 5.27. The first kappa shape index (κ1) is 20.4. The lowest BCUT2D eigenvalue weighted by Crippen LogP contribution is -2.26. The molecule has 0 radical (unpaired) electrons. The molecule has 1 unspecified atom stereocenters. The lowest BCUT2D eigenvalue weighted by molar-refractivity contribution is -0.157. The highest BCUT2D eigenvalue weighted by Gasteiger charge is 2.18. The average molecular weight is 300 g/mol. The predicted molar refractivity (Wildman–Crippen MR) is 88.5 cm³/mol. The Morgan fingerprint density at radius 2 is 1.29 bits per heavy atom. The second kappa shape index (κ2) is 15.8. The van der Waals surface area contributed by atoms with Gasteiger partial charge >= 0.3 is 5.97 Å². The molecule has 0 N–H and O–H groups in total. The molecule has 0 heterocycles. The normalized spacial score (nSPS) is 12.3. The quantitative estimate of drug-likeness (QED) is 0.305. The van der Waals surface area contributed by atoms with Crippen LogP contribution < -0.4 is 0 Å². The van der Waals surface area contributed by atoms with Crippen molar-refractivity contribution in [2.75, 3.05) is 13.2 Å².